The highest BCUT2D eigenvalue weighted by Gasteiger charge is 2.27. The van der Waals surface area contributed by atoms with Crippen LogP contribution in [0.4, 0.5) is 0 Å². The molecule has 92 valence electrons. The van der Waals surface area contributed by atoms with E-state index in [1.54, 1.807) is 0 Å². The second-order valence-electron chi connectivity index (χ2n) is 3.92. The van der Waals surface area contributed by atoms with Gasteiger partial charge in [-0.3, -0.25) is 0 Å². The van der Waals surface area contributed by atoms with Crippen LogP contribution in [0, 0.1) is 0 Å². The Balaban J connectivity index is 1.94. The van der Waals surface area contributed by atoms with Crippen molar-refractivity contribution in [2.24, 2.45) is 0 Å². The number of ether oxygens (including phenoxy) is 4. The summed E-state index contributed by atoms with van der Waals surface area (Å²) in [5.74, 6) is 0. The molecule has 2 aliphatic heterocycles. The Labute approximate surface area is 108 Å². The molecule has 1 aromatic rings. The lowest BCUT2D eigenvalue weighted by atomic mass is 10.1. The minimum absolute atomic E-state index is 0.300. The molecule has 0 amide bonds. The van der Waals surface area contributed by atoms with Crippen molar-refractivity contribution in [2.75, 3.05) is 26.4 Å². The van der Waals surface area contributed by atoms with Gasteiger partial charge in [-0.1, -0.05) is 22.0 Å². The molecule has 0 aliphatic carbocycles. The zero-order valence-corrected chi connectivity index (χ0v) is 10.8. The van der Waals surface area contributed by atoms with E-state index in [-0.39, 0.29) is 12.6 Å². The van der Waals surface area contributed by atoms with Gasteiger partial charge in [-0.25, -0.2) is 0 Å². The first-order chi connectivity index (χ1) is 8.34. The van der Waals surface area contributed by atoms with Crippen LogP contribution in [0.1, 0.15) is 23.7 Å². The van der Waals surface area contributed by atoms with E-state index < -0.39 is 0 Å². The van der Waals surface area contributed by atoms with E-state index >= 15 is 0 Å². The number of hydrogen-bond donors (Lipinski definition) is 0. The van der Waals surface area contributed by atoms with Crippen LogP contribution < -0.4 is 0 Å². The highest BCUT2D eigenvalue weighted by atomic mass is 79.9. The predicted octanol–water partition coefficient (Wildman–Crippen LogP) is 2.54. The van der Waals surface area contributed by atoms with E-state index in [4.69, 9.17) is 18.9 Å². The van der Waals surface area contributed by atoms with Gasteiger partial charge < -0.3 is 18.9 Å². The summed E-state index contributed by atoms with van der Waals surface area (Å²) in [6.07, 6.45) is -0.610. The SMILES string of the molecule is Brc1ccc(C2OCCO2)c(C2OCCO2)c1. The molecular weight excluding hydrogens is 288 g/mol. The Bertz CT molecular complexity index is 397. The Morgan fingerprint density at radius 3 is 1.94 bits per heavy atom. The summed E-state index contributed by atoms with van der Waals surface area (Å²) >= 11 is 3.46. The minimum Gasteiger partial charge on any atom is -0.346 e. The van der Waals surface area contributed by atoms with Crippen LogP contribution in [0.2, 0.25) is 0 Å². The molecular formula is C12H13BrO4. The van der Waals surface area contributed by atoms with Gasteiger partial charge in [-0.05, 0) is 12.1 Å². The first kappa shape index (κ1) is 11.6. The zero-order valence-electron chi connectivity index (χ0n) is 9.23. The van der Waals surface area contributed by atoms with Crippen molar-refractivity contribution in [3.8, 4) is 0 Å². The summed E-state index contributed by atoms with van der Waals surface area (Å²) < 4.78 is 23.1. The van der Waals surface area contributed by atoms with Gasteiger partial charge in [0.05, 0.1) is 26.4 Å². The van der Waals surface area contributed by atoms with E-state index in [0.29, 0.717) is 26.4 Å². The number of halogens is 1. The summed E-state index contributed by atoms with van der Waals surface area (Å²) in [6, 6.07) is 5.95. The zero-order chi connectivity index (χ0) is 11.7. The van der Waals surface area contributed by atoms with Gasteiger partial charge in [0.2, 0.25) is 0 Å². The molecule has 2 heterocycles. The summed E-state index contributed by atoms with van der Waals surface area (Å²) in [7, 11) is 0. The van der Waals surface area contributed by atoms with Gasteiger partial charge in [0, 0.05) is 15.6 Å². The van der Waals surface area contributed by atoms with Gasteiger partial charge >= 0.3 is 0 Å². The lowest BCUT2D eigenvalue weighted by molar-refractivity contribution is -0.0637. The summed E-state index contributed by atoms with van der Waals surface area (Å²) in [4.78, 5) is 0. The minimum atomic E-state index is -0.310. The molecule has 5 heteroatoms. The molecule has 1 aromatic carbocycles. The maximum atomic E-state index is 5.54. The molecule has 0 bridgehead atoms. The van der Waals surface area contributed by atoms with Gasteiger partial charge in [0.15, 0.2) is 12.6 Å². The van der Waals surface area contributed by atoms with Crippen molar-refractivity contribution in [2.45, 2.75) is 12.6 Å². The monoisotopic (exact) mass is 300 g/mol. The Kier molecular flexibility index (Phi) is 3.44. The highest BCUT2D eigenvalue weighted by Crippen LogP contribution is 2.35. The van der Waals surface area contributed by atoms with E-state index in [1.165, 1.54) is 0 Å². The molecule has 0 atom stereocenters. The maximum Gasteiger partial charge on any atom is 0.184 e. The molecule has 2 aliphatic rings. The average Bonchev–Trinajstić information content (AvgIpc) is 3.02. The molecule has 3 rings (SSSR count). The fourth-order valence-corrected chi connectivity index (χ4v) is 2.42. The maximum absolute atomic E-state index is 5.54. The number of hydrogen-bond acceptors (Lipinski definition) is 4. The fourth-order valence-electron chi connectivity index (χ4n) is 2.04. The van der Waals surface area contributed by atoms with Crippen molar-refractivity contribution in [1.82, 2.24) is 0 Å². The van der Waals surface area contributed by atoms with Gasteiger partial charge in [-0.2, -0.15) is 0 Å². The Morgan fingerprint density at radius 2 is 1.35 bits per heavy atom. The Morgan fingerprint density at radius 1 is 0.824 bits per heavy atom. The van der Waals surface area contributed by atoms with Crippen LogP contribution in [-0.2, 0) is 18.9 Å². The lowest BCUT2D eigenvalue weighted by Gasteiger charge is -2.18. The van der Waals surface area contributed by atoms with Crippen LogP contribution >= 0.6 is 15.9 Å². The van der Waals surface area contributed by atoms with E-state index in [1.807, 2.05) is 18.2 Å². The van der Waals surface area contributed by atoms with Gasteiger partial charge in [0.1, 0.15) is 0 Å². The fraction of sp³-hybridized carbons (Fsp3) is 0.500. The highest BCUT2D eigenvalue weighted by molar-refractivity contribution is 9.10. The molecule has 17 heavy (non-hydrogen) atoms. The van der Waals surface area contributed by atoms with E-state index in [0.717, 1.165) is 15.6 Å². The normalized spacial score (nSPS) is 22.4. The smallest absolute Gasteiger partial charge is 0.184 e. The van der Waals surface area contributed by atoms with Gasteiger partial charge in [0.25, 0.3) is 0 Å². The first-order valence-corrected chi connectivity index (χ1v) is 6.39. The molecule has 0 spiro atoms. The molecule has 0 unspecified atom stereocenters. The molecule has 4 nitrogen and oxygen atoms in total. The quantitative estimate of drug-likeness (QED) is 0.841. The van der Waals surface area contributed by atoms with E-state index in [2.05, 4.69) is 15.9 Å². The van der Waals surface area contributed by atoms with E-state index in [9.17, 15) is 0 Å². The molecule has 2 saturated heterocycles. The molecule has 2 fully saturated rings. The third-order valence-corrected chi connectivity index (χ3v) is 3.29. The van der Waals surface area contributed by atoms with Crippen molar-refractivity contribution >= 4 is 15.9 Å². The molecule has 0 N–H and O–H groups in total. The average molecular weight is 301 g/mol. The lowest BCUT2D eigenvalue weighted by Crippen LogP contribution is -2.08. The van der Waals surface area contributed by atoms with Crippen LogP contribution in [0.15, 0.2) is 22.7 Å². The number of benzene rings is 1. The van der Waals surface area contributed by atoms with Crippen LogP contribution in [0.5, 0.6) is 0 Å². The van der Waals surface area contributed by atoms with Crippen LogP contribution in [0.3, 0.4) is 0 Å². The second-order valence-corrected chi connectivity index (χ2v) is 4.84. The number of rotatable bonds is 2. The van der Waals surface area contributed by atoms with Crippen molar-refractivity contribution < 1.29 is 18.9 Å². The molecule has 0 saturated carbocycles. The molecule has 0 aromatic heterocycles. The third kappa shape index (κ3) is 2.39. The van der Waals surface area contributed by atoms with Crippen LogP contribution in [0.25, 0.3) is 0 Å². The van der Waals surface area contributed by atoms with Gasteiger partial charge in [-0.15, -0.1) is 0 Å². The summed E-state index contributed by atoms with van der Waals surface area (Å²) in [5.41, 5.74) is 1.96. The predicted molar refractivity (Wildman–Crippen MR) is 63.4 cm³/mol. The van der Waals surface area contributed by atoms with Crippen LogP contribution in [-0.4, -0.2) is 26.4 Å². The Hall–Kier alpha value is -0.460. The summed E-state index contributed by atoms with van der Waals surface area (Å²) in [5, 5.41) is 0. The summed E-state index contributed by atoms with van der Waals surface area (Å²) in [6.45, 7) is 2.52. The first-order valence-electron chi connectivity index (χ1n) is 5.60. The molecule has 0 radical (unpaired) electrons. The second kappa shape index (κ2) is 5.04. The standard InChI is InChI=1S/C12H13BrO4/c13-8-1-2-9(11-14-3-4-15-11)10(7-8)12-16-5-6-17-12/h1-2,7,11-12H,3-6H2. The van der Waals surface area contributed by atoms with Crippen molar-refractivity contribution in [1.29, 1.82) is 0 Å². The van der Waals surface area contributed by atoms with Crippen molar-refractivity contribution in [3.05, 3.63) is 33.8 Å². The largest absolute Gasteiger partial charge is 0.346 e. The third-order valence-electron chi connectivity index (χ3n) is 2.80. The van der Waals surface area contributed by atoms with Crippen molar-refractivity contribution in [3.63, 3.8) is 0 Å². The topological polar surface area (TPSA) is 36.9 Å².